The monoisotopic (exact) mass is 340 g/mol. The molecule has 0 saturated heterocycles. The third-order valence-corrected chi connectivity index (χ3v) is 14.5. The number of rotatable bonds is 2. The molecule has 0 spiro atoms. The van der Waals surface area contributed by atoms with E-state index in [-0.39, 0.29) is 10.1 Å². The first-order chi connectivity index (χ1) is 9.40. The lowest BCUT2D eigenvalue weighted by atomic mass is 10.0. The van der Waals surface area contributed by atoms with Crippen LogP contribution in [0, 0.1) is 0 Å². The number of hydrogen-bond donors (Lipinski definition) is 0. The molecule has 0 nitrogen and oxygen atoms in total. The predicted octanol–water partition coefficient (Wildman–Crippen LogP) is 7.02. The Labute approximate surface area is 140 Å². The molecule has 0 aromatic carbocycles. The minimum absolute atomic E-state index is 0.221. The molecule has 3 heteroatoms. The lowest BCUT2D eigenvalue weighted by molar-refractivity contribution is 0.783. The maximum absolute atomic E-state index is 7.23. The van der Waals surface area contributed by atoms with Crippen LogP contribution in [0.15, 0.2) is 45.6 Å². The van der Waals surface area contributed by atoms with Crippen LogP contribution in [-0.4, -0.2) is 6.69 Å². The van der Waals surface area contributed by atoms with Gasteiger partial charge in [-0.3, -0.25) is 0 Å². The Bertz CT molecular complexity index is 580. The summed E-state index contributed by atoms with van der Waals surface area (Å²) in [6.07, 6.45) is 4.61. The topological polar surface area (TPSA) is 0 Å². The van der Waals surface area contributed by atoms with Gasteiger partial charge in [-0.1, -0.05) is 48.3 Å². The molecule has 2 aliphatic carbocycles. The van der Waals surface area contributed by atoms with Gasteiger partial charge in [0.1, 0.15) is 0 Å². The van der Waals surface area contributed by atoms with Crippen LogP contribution in [0.3, 0.4) is 0 Å². The van der Waals surface area contributed by atoms with Crippen LogP contribution in [0.2, 0.25) is 10.1 Å². The molecular formula is C18H26Cl2Si. The first kappa shape index (κ1) is 17.1. The van der Waals surface area contributed by atoms with E-state index in [4.69, 9.17) is 22.2 Å². The van der Waals surface area contributed by atoms with Gasteiger partial charge in [-0.15, -0.1) is 22.2 Å². The zero-order valence-corrected chi connectivity index (χ0v) is 16.9. The van der Waals surface area contributed by atoms with E-state index in [0.29, 0.717) is 0 Å². The van der Waals surface area contributed by atoms with Crippen LogP contribution in [-0.2, 0) is 0 Å². The van der Waals surface area contributed by atoms with Gasteiger partial charge in [-0.2, -0.15) is 0 Å². The second-order valence-corrected chi connectivity index (χ2v) is 14.3. The summed E-state index contributed by atoms with van der Waals surface area (Å²) in [7, 11) is 0. The quantitative estimate of drug-likeness (QED) is 0.374. The fourth-order valence-electron chi connectivity index (χ4n) is 3.86. The van der Waals surface area contributed by atoms with Crippen molar-refractivity contribution in [3.8, 4) is 0 Å². The molecule has 116 valence electrons. The maximum atomic E-state index is 7.23. The molecular weight excluding hydrogens is 315 g/mol. The minimum atomic E-state index is -2.70. The van der Waals surface area contributed by atoms with E-state index >= 15 is 0 Å². The summed E-state index contributed by atoms with van der Waals surface area (Å²) in [5.74, 6) is 0. The zero-order chi connectivity index (χ0) is 16.4. The number of allylic oxidation sites excluding steroid dienone is 8. The van der Waals surface area contributed by atoms with Crippen molar-refractivity contribution in [2.45, 2.75) is 65.5 Å². The van der Waals surface area contributed by atoms with Crippen LogP contribution in [0.4, 0.5) is 0 Å². The highest BCUT2D eigenvalue weighted by atomic mass is 35.7. The van der Waals surface area contributed by atoms with Gasteiger partial charge in [-0.25, -0.2) is 0 Å². The summed E-state index contributed by atoms with van der Waals surface area (Å²) < 4.78 is 0. The van der Waals surface area contributed by atoms with Crippen molar-refractivity contribution in [3.05, 3.63) is 45.6 Å². The minimum Gasteiger partial charge on any atom is -0.143 e. The Kier molecular flexibility index (Phi) is 3.97. The molecule has 0 bridgehead atoms. The van der Waals surface area contributed by atoms with Crippen molar-refractivity contribution in [2.24, 2.45) is 0 Å². The van der Waals surface area contributed by atoms with Crippen molar-refractivity contribution in [3.63, 3.8) is 0 Å². The Morgan fingerprint density at radius 3 is 1.19 bits per heavy atom. The lowest BCUT2D eigenvalue weighted by Gasteiger charge is -2.46. The van der Waals surface area contributed by atoms with Crippen LogP contribution >= 0.6 is 22.2 Å². The smallest absolute Gasteiger partial charge is 0.143 e. The average Bonchev–Trinajstić information content (AvgIpc) is 2.72. The highest BCUT2D eigenvalue weighted by molar-refractivity contribution is 7.48. The molecule has 0 aromatic heterocycles. The third kappa shape index (κ3) is 2.00. The molecule has 0 aromatic rings. The van der Waals surface area contributed by atoms with E-state index < -0.39 is 6.69 Å². The standard InChI is InChI=1S/C18H26Cl2Si/c1-11-9-17(7,15(5)13(11)3)21(19,20)18(8)10-12(2)14(4)16(18)6/h9-10H,1-8H3. The van der Waals surface area contributed by atoms with Crippen molar-refractivity contribution in [1.82, 2.24) is 0 Å². The van der Waals surface area contributed by atoms with E-state index in [1.165, 1.54) is 33.4 Å². The van der Waals surface area contributed by atoms with Crippen molar-refractivity contribution in [2.75, 3.05) is 0 Å². The second-order valence-electron chi connectivity index (χ2n) is 7.13. The molecule has 0 aliphatic heterocycles. The summed E-state index contributed by atoms with van der Waals surface area (Å²) in [6, 6.07) is 0. The van der Waals surface area contributed by atoms with E-state index in [0.717, 1.165) is 0 Å². The molecule has 2 rings (SSSR count). The van der Waals surface area contributed by atoms with Gasteiger partial charge in [0, 0.05) is 10.1 Å². The Morgan fingerprint density at radius 2 is 1.00 bits per heavy atom. The molecule has 21 heavy (non-hydrogen) atoms. The molecule has 0 saturated carbocycles. The van der Waals surface area contributed by atoms with E-state index in [9.17, 15) is 0 Å². The summed E-state index contributed by atoms with van der Waals surface area (Å²) in [5, 5.41) is -0.441. The average molecular weight is 341 g/mol. The lowest BCUT2D eigenvalue weighted by Crippen LogP contribution is -2.45. The van der Waals surface area contributed by atoms with Gasteiger partial charge in [0.05, 0.1) is 0 Å². The van der Waals surface area contributed by atoms with Crippen LogP contribution in [0.1, 0.15) is 55.4 Å². The molecule has 0 heterocycles. The molecule has 0 N–H and O–H groups in total. The van der Waals surface area contributed by atoms with Gasteiger partial charge in [0.2, 0.25) is 0 Å². The Hall–Kier alpha value is -0.243. The highest BCUT2D eigenvalue weighted by Gasteiger charge is 2.62. The van der Waals surface area contributed by atoms with Gasteiger partial charge < -0.3 is 0 Å². The maximum Gasteiger partial charge on any atom is 0.277 e. The second kappa shape index (κ2) is 4.88. The van der Waals surface area contributed by atoms with Crippen molar-refractivity contribution >= 4 is 28.9 Å². The third-order valence-electron chi connectivity index (χ3n) is 6.18. The molecule has 2 atom stereocenters. The predicted molar refractivity (Wildman–Crippen MR) is 98.5 cm³/mol. The summed E-state index contributed by atoms with van der Waals surface area (Å²) in [4.78, 5) is 0. The van der Waals surface area contributed by atoms with Gasteiger partial charge >= 0.3 is 0 Å². The number of halogens is 2. The first-order valence-corrected chi connectivity index (χ1v) is 11.6. The van der Waals surface area contributed by atoms with Gasteiger partial charge in [0.25, 0.3) is 6.69 Å². The van der Waals surface area contributed by atoms with Crippen LogP contribution in [0.25, 0.3) is 0 Å². The van der Waals surface area contributed by atoms with Crippen LogP contribution < -0.4 is 0 Å². The zero-order valence-electron chi connectivity index (χ0n) is 14.4. The summed E-state index contributed by atoms with van der Waals surface area (Å²) in [6.45, 7) is 14.8. The Balaban J connectivity index is 2.66. The van der Waals surface area contributed by atoms with Crippen molar-refractivity contribution in [1.29, 1.82) is 0 Å². The number of hydrogen-bond acceptors (Lipinski definition) is 0. The van der Waals surface area contributed by atoms with Crippen molar-refractivity contribution < 1.29 is 0 Å². The molecule has 2 unspecified atom stereocenters. The molecule has 2 aliphatic rings. The summed E-state index contributed by atoms with van der Waals surface area (Å²) >= 11 is 14.5. The van der Waals surface area contributed by atoms with Gasteiger partial charge in [0.15, 0.2) is 0 Å². The first-order valence-electron chi connectivity index (χ1n) is 7.53. The summed E-state index contributed by atoms with van der Waals surface area (Å²) in [5.41, 5.74) is 7.98. The van der Waals surface area contributed by atoms with Crippen LogP contribution in [0.5, 0.6) is 0 Å². The molecule has 0 fully saturated rings. The SMILES string of the molecule is CC1=CC(C)([Si](Cl)(Cl)C2(C)C=C(C)C(C)=C2C)C(C)=C1C. The molecule has 0 radical (unpaired) electrons. The van der Waals surface area contributed by atoms with E-state index in [1.54, 1.807) is 0 Å². The van der Waals surface area contributed by atoms with E-state index in [2.05, 4.69) is 67.5 Å². The largest absolute Gasteiger partial charge is 0.277 e. The Morgan fingerprint density at radius 1 is 0.714 bits per heavy atom. The fourth-order valence-corrected chi connectivity index (χ4v) is 9.41. The fraction of sp³-hybridized carbons (Fsp3) is 0.556. The van der Waals surface area contributed by atoms with E-state index in [1.807, 2.05) is 0 Å². The highest BCUT2D eigenvalue weighted by Crippen LogP contribution is 2.68. The molecule has 0 amide bonds. The van der Waals surface area contributed by atoms with Gasteiger partial charge in [-0.05, 0) is 52.7 Å². The normalized spacial score (nSPS) is 33.8.